The van der Waals surface area contributed by atoms with Gasteiger partial charge in [-0.2, -0.15) is 0 Å². The summed E-state index contributed by atoms with van der Waals surface area (Å²) in [5.74, 6) is 0.905. The van der Waals surface area contributed by atoms with Crippen LogP contribution in [0.15, 0.2) is 24.3 Å². The molecule has 0 amide bonds. The Kier molecular flexibility index (Phi) is 2.92. The van der Waals surface area contributed by atoms with Gasteiger partial charge in [0.2, 0.25) is 0 Å². The summed E-state index contributed by atoms with van der Waals surface area (Å²) in [6, 6.07) is 9.39. The molecule has 1 N–H and O–H groups in total. The molecule has 3 unspecified atom stereocenters. The van der Waals surface area contributed by atoms with Crippen molar-refractivity contribution in [3.63, 3.8) is 0 Å². The van der Waals surface area contributed by atoms with E-state index in [-0.39, 0.29) is 0 Å². The lowest BCUT2D eigenvalue weighted by Gasteiger charge is -2.40. The third-order valence-electron chi connectivity index (χ3n) is 5.96. The summed E-state index contributed by atoms with van der Waals surface area (Å²) < 4.78 is 1.31. The van der Waals surface area contributed by atoms with E-state index in [4.69, 9.17) is 0 Å². The number of fused-ring (bicyclic) bond motifs is 2. The third-order valence-corrected chi connectivity index (χ3v) is 6.63. The second-order valence-corrected chi connectivity index (χ2v) is 8.06. The normalized spacial score (nSPS) is 36.9. The zero-order chi connectivity index (χ0) is 13.0. The Balaban J connectivity index is 1.84. The van der Waals surface area contributed by atoms with E-state index in [0.29, 0.717) is 16.9 Å². The molecule has 0 saturated heterocycles. The van der Waals surface area contributed by atoms with Gasteiger partial charge in [0, 0.05) is 15.3 Å². The summed E-state index contributed by atoms with van der Waals surface area (Å²) in [6.45, 7) is 7.44. The van der Waals surface area contributed by atoms with Crippen molar-refractivity contribution in [3.8, 4) is 0 Å². The minimum Gasteiger partial charge on any atom is -0.382 e. The number of halogens is 1. The molecule has 18 heavy (non-hydrogen) atoms. The Bertz CT molecular complexity index is 468. The quantitative estimate of drug-likeness (QED) is 0.743. The van der Waals surface area contributed by atoms with Crippen molar-refractivity contribution >= 4 is 28.3 Å². The number of hydrogen-bond acceptors (Lipinski definition) is 1. The van der Waals surface area contributed by atoms with Crippen LogP contribution in [0.5, 0.6) is 0 Å². The Hall–Kier alpha value is -0.250. The van der Waals surface area contributed by atoms with Crippen molar-refractivity contribution in [3.05, 3.63) is 27.8 Å². The van der Waals surface area contributed by atoms with E-state index >= 15 is 0 Å². The van der Waals surface area contributed by atoms with Crippen LogP contribution in [0.3, 0.4) is 0 Å². The molecule has 0 aromatic heterocycles. The van der Waals surface area contributed by atoms with Gasteiger partial charge in [-0.1, -0.05) is 26.8 Å². The standard InChI is InChI=1S/C16H22IN/c1-15(2)11-7-8-16(15,3)14(9-11)18-13-6-4-5-12(17)10-13/h4-6,10-11,14,18H,7-9H2,1-3H3. The van der Waals surface area contributed by atoms with E-state index in [1.807, 2.05) is 0 Å². The number of nitrogens with one attached hydrogen (secondary N) is 1. The molecule has 98 valence electrons. The van der Waals surface area contributed by atoms with Gasteiger partial charge in [0.05, 0.1) is 0 Å². The van der Waals surface area contributed by atoms with Crippen molar-refractivity contribution in [1.82, 2.24) is 0 Å². The SMILES string of the molecule is CC1(C)C2CCC1(C)C(Nc1cccc(I)c1)C2. The van der Waals surface area contributed by atoms with Crippen LogP contribution in [-0.4, -0.2) is 6.04 Å². The zero-order valence-electron chi connectivity index (χ0n) is 11.5. The summed E-state index contributed by atoms with van der Waals surface area (Å²) >= 11 is 2.39. The lowest BCUT2D eigenvalue weighted by atomic mass is 9.69. The molecular formula is C16H22IN. The minimum atomic E-state index is 0.457. The molecule has 1 aromatic carbocycles. The van der Waals surface area contributed by atoms with Crippen LogP contribution in [0, 0.1) is 20.3 Å². The Morgan fingerprint density at radius 2 is 2.06 bits per heavy atom. The van der Waals surface area contributed by atoms with Crippen LogP contribution in [-0.2, 0) is 0 Å². The Morgan fingerprint density at radius 3 is 2.61 bits per heavy atom. The first-order chi connectivity index (χ1) is 8.43. The first-order valence-electron chi connectivity index (χ1n) is 6.95. The van der Waals surface area contributed by atoms with Crippen LogP contribution < -0.4 is 5.32 Å². The molecule has 2 bridgehead atoms. The second kappa shape index (κ2) is 4.12. The predicted octanol–water partition coefficient (Wildman–Crippen LogP) is 4.92. The first kappa shape index (κ1) is 12.8. The highest BCUT2D eigenvalue weighted by Crippen LogP contribution is 2.65. The minimum absolute atomic E-state index is 0.457. The molecule has 1 nitrogen and oxygen atoms in total. The maximum absolute atomic E-state index is 3.80. The number of rotatable bonds is 2. The van der Waals surface area contributed by atoms with Gasteiger partial charge < -0.3 is 5.32 Å². The lowest BCUT2D eigenvalue weighted by molar-refractivity contribution is 0.142. The van der Waals surface area contributed by atoms with Gasteiger partial charge in [-0.3, -0.25) is 0 Å². The molecule has 3 rings (SSSR count). The summed E-state index contributed by atoms with van der Waals surface area (Å²) in [5, 5.41) is 3.80. The number of benzene rings is 1. The van der Waals surface area contributed by atoms with Gasteiger partial charge in [-0.15, -0.1) is 0 Å². The van der Waals surface area contributed by atoms with Crippen molar-refractivity contribution < 1.29 is 0 Å². The lowest BCUT2D eigenvalue weighted by Crippen LogP contribution is -2.40. The van der Waals surface area contributed by atoms with E-state index in [9.17, 15) is 0 Å². The van der Waals surface area contributed by atoms with E-state index in [0.717, 1.165) is 5.92 Å². The largest absolute Gasteiger partial charge is 0.382 e. The maximum atomic E-state index is 3.80. The second-order valence-electron chi connectivity index (χ2n) is 6.82. The van der Waals surface area contributed by atoms with Crippen LogP contribution >= 0.6 is 22.6 Å². The number of anilines is 1. The smallest absolute Gasteiger partial charge is 0.0353 e. The molecular weight excluding hydrogens is 333 g/mol. The van der Waals surface area contributed by atoms with Gasteiger partial charge >= 0.3 is 0 Å². The molecule has 0 spiro atoms. The summed E-state index contributed by atoms with van der Waals surface area (Å²) in [4.78, 5) is 0. The fourth-order valence-electron chi connectivity index (χ4n) is 4.20. The molecule has 0 aliphatic heterocycles. The molecule has 2 saturated carbocycles. The van der Waals surface area contributed by atoms with Gasteiger partial charge in [-0.05, 0) is 76.8 Å². The number of hydrogen-bond donors (Lipinski definition) is 1. The van der Waals surface area contributed by atoms with Crippen LogP contribution in [0.25, 0.3) is 0 Å². The highest BCUT2D eigenvalue weighted by Gasteiger charge is 2.61. The first-order valence-corrected chi connectivity index (χ1v) is 8.03. The molecule has 2 aliphatic rings. The monoisotopic (exact) mass is 355 g/mol. The maximum Gasteiger partial charge on any atom is 0.0353 e. The molecule has 2 heteroatoms. The molecule has 3 atom stereocenters. The summed E-state index contributed by atoms with van der Waals surface area (Å²) in [6.07, 6.45) is 4.15. The van der Waals surface area contributed by atoms with Gasteiger partial charge in [-0.25, -0.2) is 0 Å². The molecule has 0 heterocycles. The van der Waals surface area contributed by atoms with Crippen LogP contribution in [0.2, 0.25) is 0 Å². The van der Waals surface area contributed by atoms with Crippen molar-refractivity contribution in [2.75, 3.05) is 5.32 Å². The predicted molar refractivity (Wildman–Crippen MR) is 85.8 cm³/mol. The highest BCUT2D eigenvalue weighted by molar-refractivity contribution is 14.1. The highest BCUT2D eigenvalue weighted by atomic mass is 127. The van der Waals surface area contributed by atoms with Gasteiger partial charge in [0.1, 0.15) is 0 Å². The van der Waals surface area contributed by atoms with E-state index in [2.05, 4.69) is 72.9 Å². The van der Waals surface area contributed by atoms with Crippen molar-refractivity contribution in [2.45, 2.75) is 46.1 Å². The van der Waals surface area contributed by atoms with E-state index < -0.39 is 0 Å². The van der Waals surface area contributed by atoms with Crippen LogP contribution in [0.1, 0.15) is 40.0 Å². The van der Waals surface area contributed by atoms with Gasteiger partial charge in [0.15, 0.2) is 0 Å². The van der Waals surface area contributed by atoms with E-state index in [1.54, 1.807) is 0 Å². The van der Waals surface area contributed by atoms with Crippen LogP contribution in [0.4, 0.5) is 5.69 Å². The molecule has 1 aromatic rings. The van der Waals surface area contributed by atoms with Gasteiger partial charge in [0.25, 0.3) is 0 Å². The van der Waals surface area contributed by atoms with Crippen molar-refractivity contribution in [2.24, 2.45) is 16.7 Å². The average Bonchev–Trinajstić information content (AvgIpc) is 2.62. The fourth-order valence-corrected chi connectivity index (χ4v) is 4.74. The Labute approximate surface area is 124 Å². The van der Waals surface area contributed by atoms with E-state index in [1.165, 1.54) is 28.5 Å². The third kappa shape index (κ3) is 1.71. The van der Waals surface area contributed by atoms with Crippen molar-refractivity contribution in [1.29, 1.82) is 0 Å². The summed E-state index contributed by atoms with van der Waals surface area (Å²) in [5.41, 5.74) is 2.24. The summed E-state index contributed by atoms with van der Waals surface area (Å²) in [7, 11) is 0. The Morgan fingerprint density at radius 1 is 1.28 bits per heavy atom. The zero-order valence-corrected chi connectivity index (χ0v) is 13.6. The molecule has 2 fully saturated rings. The molecule has 2 aliphatic carbocycles. The topological polar surface area (TPSA) is 12.0 Å². The average molecular weight is 355 g/mol. The fraction of sp³-hybridized carbons (Fsp3) is 0.625. The molecule has 0 radical (unpaired) electrons.